The number of amides is 1. The van der Waals surface area contributed by atoms with Crippen LogP contribution in [0, 0.1) is 0 Å². The van der Waals surface area contributed by atoms with Crippen LogP contribution in [-0.4, -0.2) is 43.9 Å². The fourth-order valence-electron chi connectivity index (χ4n) is 2.43. The van der Waals surface area contributed by atoms with Crippen LogP contribution < -0.4 is 5.73 Å². The minimum absolute atomic E-state index is 0.113. The number of anilines is 1. The highest BCUT2D eigenvalue weighted by molar-refractivity contribution is 7.89. The van der Waals surface area contributed by atoms with Gasteiger partial charge < -0.3 is 15.7 Å². The van der Waals surface area contributed by atoms with E-state index in [2.05, 4.69) is 0 Å². The van der Waals surface area contributed by atoms with Crippen molar-refractivity contribution >= 4 is 27.2 Å². The Labute approximate surface area is 123 Å². The Morgan fingerprint density at radius 1 is 1.43 bits per heavy atom. The maximum absolute atomic E-state index is 11.6. The Morgan fingerprint density at radius 2 is 2.14 bits per heavy atom. The van der Waals surface area contributed by atoms with E-state index in [0.717, 1.165) is 11.1 Å². The van der Waals surface area contributed by atoms with Gasteiger partial charge in [0.2, 0.25) is 0 Å². The lowest BCUT2D eigenvalue weighted by molar-refractivity contribution is 0.150. The summed E-state index contributed by atoms with van der Waals surface area (Å²) in [5, 5.41) is 9.09. The zero-order valence-electron chi connectivity index (χ0n) is 11.7. The molecule has 1 aliphatic rings. The fourth-order valence-corrected chi connectivity index (χ4v) is 3.23. The van der Waals surface area contributed by atoms with Gasteiger partial charge in [0.05, 0.1) is 5.75 Å². The Hall–Kier alpha value is -2.02. The molecule has 0 aliphatic carbocycles. The van der Waals surface area contributed by atoms with Crippen LogP contribution in [0.1, 0.15) is 17.5 Å². The van der Waals surface area contributed by atoms with Crippen molar-refractivity contribution in [2.45, 2.75) is 12.2 Å². The second-order valence-corrected chi connectivity index (χ2v) is 7.35. The van der Waals surface area contributed by atoms with E-state index in [4.69, 9.17) is 10.8 Å². The van der Waals surface area contributed by atoms with E-state index >= 15 is 0 Å². The summed E-state index contributed by atoms with van der Waals surface area (Å²) in [4.78, 5) is 12.4. The van der Waals surface area contributed by atoms with Crippen molar-refractivity contribution < 1.29 is 18.3 Å². The van der Waals surface area contributed by atoms with Crippen LogP contribution in [0.25, 0.3) is 5.57 Å². The third-order valence-electron chi connectivity index (χ3n) is 3.31. The molecule has 0 fully saturated rings. The van der Waals surface area contributed by atoms with E-state index < -0.39 is 15.9 Å². The Balaban J connectivity index is 2.39. The van der Waals surface area contributed by atoms with E-state index in [1.165, 1.54) is 11.2 Å². The first-order valence-electron chi connectivity index (χ1n) is 6.49. The molecule has 1 heterocycles. The van der Waals surface area contributed by atoms with Gasteiger partial charge in [-0.1, -0.05) is 12.1 Å². The number of hydrogen-bond donors (Lipinski definition) is 2. The monoisotopic (exact) mass is 310 g/mol. The number of carbonyl (C=O) groups is 1. The summed E-state index contributed by atoms with van der Waals surface area (Å²) in [6.45, 7) is 0.714. The number of benzene rings is 1. The molecule has 0 unspecified atom stereocenters. The van der Waals surface area contributed by atoms with Crippen LogP contribution in [0.3, 0.4) is 0 Å². The molecule has 114 valence electrons. The lowest BCUT2D eigenvalue weighted by atomic mass is 9.96. The van der Waals surface area contributed by atoms with Crippen LogP contribution in [-0.2, 0) is 15.6 Å². The van der Waals surface area contributed by atoms with E-state index in [-0.39, 0.29) is 12.3 Å². The SMILES string of the molecule is CS(=O)(=O)Cc1cc(N)ccc1C1=CCCN(C(=O)O)C1. The first-order chi connectivity index (χ1) is 9.76. The molecule has 0 bridgehead atoms. The summed E-state index contributed by atoms with van der Waals surface area (Å²) >= 11 is 0. The molecule has 1 aromatic rings. The van der Waals surface area contributed by atoms with E-state index in [0.29, 0.717) is 24.2 Å². The molecule has 1 aliphatic heterocycles. The highest BCUT2D eigenvalue weighted by Crippen LogP contribution is 2.27. The molecule has 2 rings (SSSR count). The summed E-state index contributed by atoms with van der Waals surface area (Å²) in [5.74, 6) is -0.113. The van der Waals surface area contributed by atoms with Crippen LogP contribution in [0.2, 0.25) is 0 Å². The second kappa shape index (κ2) is 5.77. The van der Waals surface area contributed by atoms with Crippen molar-refractivity contribution in [3.63, 3.8) is 0 Å². The molecule has 3 N–H and O–H groups in total. The number of nitrogen functional groups attached to an aromatic ring is 1. The highest BCUT2D eigenvalue weighted by Gasteiger charge is 2.20. The molecule has 1 amide bonds. The average molecular weight is 310 g/mol. The van der Waals surface area contributed by atoms with Gasteiger partial charge in [0.1, 0.15) is 0 Å². The molecule has 0 atom stereocenters. The van der Waals surface area contributed by atoms with E-state index in [1.54, 1.807) is 18.2 Å². The summed E-state index contributed by atoms with van der Waals surface area (Å²) in [6.07, 6.45) is 2.76. The third-order valence-corrected chi connectivity index (χ3v) is 4.15. The number of nitrogens with two attached hydrogens (primary N) is 1. The van der Waals surface area contributed by atoms with Crippen LogP contribution in [0.15, 0.2) is 24.3 Å². The molecule has 0 saturated heterocycles. The molecule has 0 saturated carbocycles. The summed E-state index contributed by atoms with van der Waals surface area (Å²) < 4.78 is 23.1. The topological polar surface area (TPSA) is 101 Å². The van der Waals surface area contributed by atoms with Gasteiger partial charge in [0.25, 0.3) is 0 Å². The van der Waals surface area contributed by atoms with Crippen LogP contribution in [0.4, 0.5) is 10.5 Å². The van der Waals surface area contributed by atoms with Gasteiger partial charge in [0.15, 0.2) is 9.84 Å². The zero-order valence-corrected chi connectivity index (χ0v) is 12.6. The first kappa shape index (κ1) is 15.4. The van der Waals surface area contributed by atoms with Crippen molar-refractivity contribution in [1.82, 2.24) is 4.90 Å². The van der Waals surface area contributed by atoms with Gasteiger partial charge in [-0.3, -0.25) is 0 Å². The van der Waals surface area contributed by atoms with Gasteiger partial charge in [-0.25, -0.2) is 13.2 Å². The second-order valence-electron chi connectivity index (χ2n) is 5.21. The predicted octanol–water partition coefficient (Wildman–Crippen LogP) is 1.58. The zero-order chi connectivity index (χ0) is 15.6. The molecule has 0 aromatic heterocycles. The molecular weight excluding hydrogens is 292 g/mol. The molecular formula is C14H18N2O4S. The van der Waals surface area contributed by atoms with Crippen molar-refractivity contribution in [2.75, 3.05) is 25.1 Å². The summed E-state index contributed by atoms with van der Waals surface area (Å²) in [6, 6.07) is 5.09. The molecule has 0 radical (unpaired) electrons. The maximum atomic E-state index is 11.6. The Morgan fingerprint density at radius 3 is 2.76 bits per heavy atom. The Kier molecular flexibility index (Phi) is 4.22. The van der Waals surface area contributed by atoms with Crippen LogP contribution >= 0.6 is 0 Å². The van der Waals surface area contributed by atoms with Gasteiger partial charge in [-0.2, -0.15) is 0 Å². The van der Waals surface area contributed by atoms with Gasteiger partial charge in [-0.15, -0.1) is 0 Å². The molecule has 0 spiro atoms. The number of carboxylic acid groups (broad SMARTS) is 1. The number of sulfone groups is 1. The minimum atomic E-state index is -3.20. The van der Waals surface area contributed by atoms with Gasteiger partial charge in [0, 0.05) is 25.0 Å². The molecule has 7 heteroatoms. The van der Waals surface area contributed by atoms with Crippen molar-refractivity contribution in [3.8, 4) is 0 Å². The lowest BCUT2D eigenvalue weighted by Gasteiger charge is -2.26. The van der Waals surface area contributed by atoms with Crippen molar-refractivity contribution in [1.29, 1.82) is 0 Å². The summed E-state index contributed by atoms with van der Waals surface area (Å²) in [5.41, 5.74) is 8.40. The summed E-state index contributed by atoms with van der Waals surface area (Å²) in [7, 11) is -3.20. The molecule has 21 heavy (non-hydrogen) atoms. The normalized spacial score (nSPS) is 15.7. The van der Waals surface area contributed by atoms with Crippen molar-refractivity contribution in [2.24, 2.45) is 0 Å². The minimum Gasteiger partial charge on any atom is -0.465 e. The average Bonchev–Trinajstić information content (AvgIpc) is 2.37. The maximum Gasteiger partial charge on any atom is 0.407 e. The standard InChI is InChI=1S/C14H18N2O4S/c1-21(19,20)9-11-7-12(15)4-5-13(11)10-3-2-6-16(8-10)14(17)18/h3-5,7H,2,6,8-9,15H2,1H3,(H,17,18). The number of nitrogens with zero attached hydrogens (tertiary/aromatic N) is 1. The van der Waals surface area contributed by atoms with Gasteiger partial charge >= 0.3 is 6.09 Å². The third kappa shape index (κ3) is 3.98. The van der Waals surface area contributed by atoms with Crippen LogP contribution in [0.5, 0.6) is 0 Å². The fraction of sp³-hybridized carbons (Fsp3) is 0.357. The largest absolute Gasteiger partial charge is 0.465 e. The molecule has 6 nitrogen and oxygen atoms in total. The van der Waals surface area contributed by atoms with Gasteiger partial charge in [-0.05, 0) is 35.3 Å². The van der Waals surface area contributed by atoms with Crippen molar-refractivity contribution in [3.05, 3.63) is 35.4 Å². The molecule has 1 aromatic carbocycles. The quantitative estimate of drug-likeness (QED) is 0.825. The van der Waals surface area contributed by atoms with E-state index in [1.807, 2.05) is 6.08 Å². The van der Waals surface area contributed by atoms with E-state index in [9.17, 15) is 13.2 Å². The predicted molar refractivity (Wildman–Crippen MR) is 81.6 cm³/mol. The highest BCUT2D eigenvalue weighted by atomic mass is 32.2. The Bertz CT molecular complexity index is 695. The smallest absolute Gasteiger partial charge is 0.407 e. The lowest BCUT2D eigenvalue weighted by Crippen LogP contribution is -2.34. The first-order valence-corrected chi connectivity index (χ1v) is 8.56. The number of hydrogen-bond acceptors (Lipinski definition) is 4. The number of rotatable bonds is 3.